The SMILES string of the molecule is Cc1ccc(NC(=O)C2CCCN(C(=O)c3c(C)cccc3F)C2c2c#cc(NC3CCOC3)cc2)cc1N1CCCC1. The highest BCUT2D eigenvalue weighted by Crippen LogP contribution is 2.38. The highest BCUT2D eigenvalue weighted by atomic mass is 19.1. The largest absolute Gasteiger partial charge is 0.379 e. The van der Waals surface area contributed by atoms with Crippen LogP contribution in [0.25, 0.3) is 0 Å². The minimum absolute atomic E-state index is 0.0471. The summed E-state index contributed by atoms with van der Waals surface area (Å²) in [6.45, 7) is 7.64. The first-order valence-corrected chi connectivity index (χ1v) is 15.4. The van der Waals surface area contributed by atoms with E-state index < -0.39 is 23.7 Å². The minimum atomic E-state index is -0.621. The standard InChI is InChI=1S/C35H39FN4O3/c1-23-10-13-27(21-31(23)39-17-3-4-18-39)38-34(41)29-8-6-19-40(35(42)32-24(2)7-5-9-30(32)36)33(29)25-11-14-26(15-12-25)37-28-16-20-43-22-28/h5,7,9-11,13-14,21,28-29,33,37H,3-4,6,8,16-20,22H2,1-2H3,(H,38,41). The van der Waals surface area contributed by atoms with Gasteiger partial charge in [0.25, 0.3) is 5.91 Å². The third-order valence-electron chi connectivity index (χ3n) is 8.97. The lowest BCUT2D eigenvalue weighted by molar-refractivity contribution is -0.123. The van der Waals surface area contributed by atoms with E-state index in [-0.39, 0.29) is 17.5 Å². The number of piperidine rings is 1. The Hall–Kier alpha value is -4.09. The van der Waals surface area contributed by atoms with Crippen LogP contribution in [0.3, 0.4) is 0 Å². The summed E-state index contributed by atoms with van der Waals surface area (Å²) in [6.07, 6.45) is 4.48. The molecule has 7 nitrogen and oxygen atoms in total. The van der Waals surface area contributed by atoms with Gasteiger partial charge in [-0.2, -0.15) is 0 Å². The van der Waals surface area contributed by atoms with Crippen LogP contribution < -0.4 is 15.5 Å². The second-order valence-electron chi connectivity index (χ2n) is 12.0. The van der Waals surface area contributed by atoms with Gasteiger partial charge in [-0.1, -0.05) is 24.3 Å². The van der Waals surface area contributed by atoms with Gasteiger partial charge in [-0.25, -0.2) is 4.39 Å². The molecule has 3 heterocycles. The normalized spacial score (nSPS) is 21.9. The van der Waals surface area contributed by atoms with Gasteiger partial charge in [-0.3, -0.25) is 9.59 Å². The Morgan fingerprint density at radius 3 is 2.51 bits per heavy atom. The molecule has 8 heteroatoms. The van der Waals surface area contributed by atoms with Gasteiger partial charge in [-0.05, 0) is 93.5 Å². The van der Waals surface area contributed by atoms with Gasteiger partial charge in [0.15, 0.2) is 0 Å². The highest BCUT2D eigenvalue weighted by molar-refractivity contribution is 5.98. The molecule has 3 unspecified atom stereocenters. The third kappa shape index (κ3) is 6.18. The van der Waals surface area contributed by atoms with E-state index in [0.717, 1.165) is 43.2 Å². The molecule has 224 valence electrons. The Morgan fingerprint density at radius 1 is 0.953 bits per heavy atom. The fraction of sp³-hybridized carbons (Fsp3) is 0.429. The lowest BCUT2D eigenvalue weighted by Crippen LogP contribution is -2.46. The summed E-state index contributed by atoms with van der Waals surface area (Å²) in [5, 5.41) is 6.58. The van der Waals surface area contributed by atoms with Gasteiger partial charge in [0.1, 0.15) is 5.82 Å². The minimum Gasteiger partial charge on any atom is -0.379 e. The summed E-state index contributed by atoms with van der Waals surface area (Å²) < 4.78 is 20.5. The first kappa shape index (κ1) is 29.0. The number of hydrogen-bond acceptors (Lipinski definition) is 5. The molecule has 0 radical (unpaired) electrons. The maximum absolute atomic E-state index is 15.0. The van der Waals surface area contributed by atoms with Crippen molar-refractivity contribution in [3.05, 3.63) is 88.7 Å². The van der Waals surface area contributed by atoms with Crippen LogP contribution in [0.15, 0.2) is 48.5 Å². The van der Waals surface area contributed by atoms with Crippen molar-refractivity contribution in [3.63, 3.8) is 0 Å². The molecule has 3 aromatic rings. The van der Waals surface area contributed by atoms with Crippen molar-refractivity contribution < 1.29 is 18.7 Å². The van der Waals surface area contributed by atoms with Crippen molar-refractivity contribution in [1.29, 1.82) is 0 Å². The molecule has 43 heavy (non-hydrogen) atoms. The first-order valence-electron chi connectivity index (χ1n) is 15.4. The van der Waals surface area contributed by atoms with Gasteiger partial charge < -0.3 is 25.2 Å². The number of anilines is 3. The number of ether oxygens (including phenoxy) is 1. The van der Waals surface area contributed by atoms with E-state index in [4.69, 9.17) is 4.74 Å². The van der Waals surface area contributed by atoms with E-state index >= 15 is 4.39 Å². The zero-order valence-electron chi connectivity index (χ0n) is 24.9. The fourth-order valence-electron chi connectivity index (χ4n) is 6.67. The Labute approximate surface area is 253 Å². The smallest absolute Gasteiger partial charge is 0.257 e. The van der Waals surface area contributed by atoms with Gasteiger partial charge >= 0.3 is 0 Å². The number of nitrogens with zero attached hydrogens (tertiary/aromatic N) is 2. The van der Waals surface area contributed by atoms with Crippen LogP contribution in [0.4, 0.5) is 21.5 Å². The van der Waals surface area contributed by atoms with Crippen molar-refractivity contribution in [2.45, 2.75) is 58.0 Å². The van der Waals surface area contributed by atoms with Gasteiger partial charge in [-0.15, -0.1) is 0 Å². The average molecular weight is 583 g/mol. The second-order valence-corrected chi connectivity index (χ2v) is 12.0. The van der Waals surface area contributed by atoms with Gasteiger partial charge in [0.05, 0.1) is 35.9 Å². The molecule has 3 aliphatic heterocycles. The summed E-state index contributed by atoms with van der Waals surface area (Å²) in [7, 11) is 0. The maximum atomic E-state index is 15.0. The molecule has 0 saturated carbocycles. The third-order valence-corrected chi connectivity index (χ3v) is 8.97. The van der Waals surface area contributed by atoms with Crippen LogP contribution in [-0.4, -0.2) is 55.6 Å². The van der Waals surface area contributed by atoms with Crippen molar-refractivity contribution in [3.8, 4) is 0 Å². The summed E-state index contributed by atoms with van der Waals surface area (Å²) in [6, 6.07) is 20.5. The number of amides is 2. The number of carbonyl (C=O) groups excluding carboxylic acids is 2. The lowest BCUT2D eigenvalue weighted by atomic mass is 9.83. The Kier molecular flexibility index (Phi) is 8.53. The Bertz CT molecular complexity index is 1440. The number of hydrogen-bond donors (Lipinski definition) is 2. The molecular weight excluding hydrogens is 543 g/mol. The van der Waals surface area contributed by atoms with E-state index in [0.29, 0.717) is 37.1 Å². The van der Waals surface area contributed by atoms with E-state index in [1.807, 2.05) is 24.3 Å². The molecule has 2 N–H and O–H groups in total. The molecule has 3 saturated heterocycles. The van der Waals surface area contributed by atoms with E-state index in [9.17, 15) is 9.59 Å². The van der Waals surface area contributed by atoms with E-state index in [1.165, 1.54) is 24.5 Å². The van der Waals surface area contributed by atoms with Crippen LogP contribution in [0, 0.1) is 37.7 Å². The Balaban J connectivity index is 1.30. The predicted molar refractivity (Wildman–Crippen MR) is 166 cm³/mol. The number of benzene rings is 2. The Morgan fingerprint density at radius 2 is 1.79 bits per heavy atom. The lowest BCUT2D eigenvalue weighted by Gasteiger charge is -2.40. The summed E-state index contributed by atoms with van der Waals surface area (Å²) in [4.78, 5) is 32.0. The van der Waals surface area contributed by atoms with Crippen molar-refractivity contribution in [1.82, 2.24) is 4.90 Å². The zero-order valence-corrected chi connectivity index (χ0v) is 24.9. The average Bonchev–Trinajstić information content (AvgIpc) is 3.73. The molecule has 3 atom stereocenters. The number of nitrogens with one attached hydrogen (secondary N) is 2. The number of rotatable bonds is 7. The topological polar surface area (TPSA) is 73.9 Å². The van der Waals surface area contributed by atoms with Crippen LogP contribution >= 0.6 is 0 Å². The van der Waals surface area contributed by atoms with Crippen LogP contribution in [-0.2, 0) is 9.53 Å². The number of halogens is 1. The number of likely N-dealkylation sites (tertiary alicyclic amines) is 1. The monoisotopic (exact) mass is 582 g/mol. The molecule has 2 amide bonds. The molecule has 3 fully saturated rings. The predicted octanol–water partition coefficient (Wildman–Crippen LogP) is 6.08. The van der Waals surface area contributed by atoms with Gasteiger partial charge in [0.2, 0.25) is 5.91 Å². The quantitative estimate of drug-likeness (QED) is 0.354. The van der Waals surface area contributed by atoms with Crippen LogP contribution in [0.5, 0.6) is 0 Å². The van der Waals surface area contributed by atoms with Crippen molar-refractivity contribution in [2.75, 3.05) is 48.4 Å². The molecular formula is C35H39FN4O3. The maximum Gasteiger partial charge on any atom is 0.257 e. The van der Waals surface area contributed by atoms with Crippen molar-refractivity contribution >= 4 is 28.9 Å². The number of aryl methyl sites for hydroxylation is 2. The number of carbonyl (C=O) groups is 2. The van der Waals surface area contributed by atoms with E-state index in [2.05, 4.69) is 40.7 Å². The summed E-state index contributed by atoms with van der Waals surface area (Å²) in [5.74, 6) is -1.68. The molecule has 3 aromatic carbocycles. The van der Waals surface area contributed by atoms with Crippen LogP contribution in [0.2, 0.25) is 0 Å². The highest BCUT2D eigenvalue weighted by Gasteiger charge is 2.41. The van der Waals surface area contributed by atoms with Gasteiger partial charge in [0, 0.05) is 43.2 Å². The molecule has 0 spiro atoms. The molecule has 0 bridgehead atoms. The molecule has 6 rings (SSSR count). The second kappa shape index (κ2) is 12.6. The fourth-order valence-corrected chi connectivity index (χ4v) is 6.67. The van der Waals surface area contributed by atoms with E-state index in [1.54, 1.807) is 24.0 Å². The summed E-state index contributed by atoms with van der Waals surface area (Å²) in [5.41, 5.74) is 5.13. The molecule has 0 aliphatic carbocycles. The first-order chi connectivity index (χ1) is 20.9. The summed E-state index contributed by atoms with van der Waals surface area (Å²) >= 11 is 0. The molecule has 3 aliphatic rings. The van der Waals surface area contributed by atoms with Crippen molar-refractivity contribution in [2.24, 2.45) is 5.92 Å². The molecule has 0 aromatic heterocycles. The van der Waals surface area contributed by atoms with Crippen LogP contribution in [0.1, 0.15) is 65.2 Å². The zero-order chi connectivity index (χ0) is 29.9.